The lowest BCUT2D eigenvalue weighted by Gasteiger charge is -2.16. The summed E-state index contributed by atoms with van der Waals surface area (Å²) in [6.07, 6.45) is 9.60. The first-order chi connectivity index (χ1) is 6.42. The Morgan fingerprint density at radius 1 is 1.14 bits per heavy atom. The fourth-order valence-electron chi connectivity index (χ4n) is 1.27. The third kappa shape index (κ3) is 11.4. The van der Waals surface area contributed by atoms with Crippen LogP contribution in [0.3, 0.4) is 0 Å². The van der Waals surface area contributed by atoms with E-state index in [0.717, 1.165) is 12.8 Å². The van der Waals surface area contributed by atoms with Crippen LogP contribution < -0.4 is 0 Å². The lowest BCUT2D eigenvalue weighted by atomic mass is 9.90. The van der Waals surface area contributed by atoms with Gasteiger partial charge in [0.25, 0.3) is 0 Å². The van der Waals surface area contributed by atoms with E-state index in [4.69, 9.17) is 0 Å². The Morgan fingerprint density at radius 2 is 1.71 bits per heavy atom. The smallest absolute Gasteiger partial charge is 0.130 e. The Bertz CT molecular complexity index is 184. The normalized spacial score (nSPS) is 12.3. The molecular weight excluding hydrogens is 172 g/mol. The molecule has 14 heavy (non-hydrogen) atoms. The van der Waals surface area contributed by atoms with Crippen molar-refractivity contribution in [2.45, 2.75) is 59.8 Å². The molecule has 0 saturated heterocycles. The van der Waals surface area contributed by atoms with E-state index < -0.39 is 0 Å². The first-order valence-corrected chi connectivity index (χ1v) is 5.56. The van der Waals surface area contributed by atoms with Gasteiger partial charge in [0.2, 0.25) is 0 Å². The molecule has 1 heteroatoms. The average Bonchev–Trinajstić information content (AvgIpc) is 2.00. The van der Waals surface area contributed by atoms with Crippen molar-refractivity contribution in [2.75, 3.05) is 0 Å². The first-order valence-electron chi connectivity index (χ1n) is 5.56. The Balaban J connectivity index is 3.32. The van der Waals surface area contributed by atoms with Crippen LogP contribution >= 0.6 is 0 Å². The summed E-state index contributed by atoms with van der Waals surface area (Å²) in [5, 5.41) is 0. The number of Topliss-reactive ketones (excluding diaryl/α,β-unsaturated/α-hetero) is 1. The first kappa shape index (κ1) is 13.4. The summed E-state index contributed by atoms with van der Waals surface area (Å²) in [6, 6.07) is 0. The monoisotopic (exact) mass is 196 g/mol. The van der Waals surface area contributed by atoms with Crippen LogP contribution in [0.5, 0.6) is 0 Å². The zero-order valence-corrected chi connectivity index (χ0v) is 10.1. The molecule has 0 spiro atoms. The van der Waals surface area contributed by atoms with E-state index >= 15 is 0 Å². The van der Waals surface area contributed by atoms with Crippen LogP contribution in [0.2, 0.25) is 0 Å². The second kappa shape index (κ2) is 6.80. The van der Waals surface area contributed by atoms with Gasteiger partial charge in [-0.25, -0.2) is 0 Å². The fourth-order valence-corrected chi connectivity index (χ4v) is 1.27. The maximum absolute atomic E-state index is 10.6. The molecule has 0 unspecified atom stereocenters. The molecular formula is C13H24O. The van der Waals surface area contributed by atoms with Crippen molar-refractivity contribution in [3.8, 4) is 0 Å². The molecule has 0 aromatic carbocycles. The van der Waals surface area contributed by atoms with E-state index in [0.29, 0.717) is 11.8 Å². The highest BCUT2D eigenvalue weighted by atomic mass is 16.1. The highest BCUT2D eigenvalue weighted by Crippen LogP contribution is 2.21. The minimum atomic E-state index is 0.282. The summed E-state index contributed by atoms with van der Waals surface area (Å²) >= 11 is 0. The third-order valence-electron chi connectivity index (χ3n) is 2.13. The zero-order valence-electron chi connectivity index (χ0n) is 10.1. The molecule has 0 aliphatic rings. The second-order valence-corrected chi connectivity index (χ2v) is 5.16. The summed E-state index contributed by atoms with van der Waals surface area (Å²) in [7, 11) is 0. The van der Waals surface area contributed by atoms with Gasteiger partial charge in [-0.15, -0.1) is 0 Å². The van der Waals surface area contributed by atoms with Crippen LogP contribution in [-0.4, -0.2) is 5.78 Å². The van der Waals surface area contributed by atoms with Crippen molar-refractivity contribution in [1.29, 1.82) is 0 Å². The van der Waals surface area contributed by atoms with Crippen molar-refractivity contribution in [1.82, 2.24) is 0 Å². The lowest BCUT2D eigenvalue weighted by molar-refractivity contribution is -0.116. The molecule has 0 aliphatic heterocycles. The topological polar surface area (TPSA) is 17.1 Å². The molecule has 1 nitrogen and oxygen atoms in total. The van der Waals surface area contributed by atoms with Crippen molar-refractivity contribution >= 4 is 5.78 Å². The number of carbonyl (C=O) groups is 1. The maximum atomic E-state index is 10.6. The number of hydrogen-bond donors (Lipinski definition) is 0. The van der Waals surface area contributed by atoms with Gasteiger partial charge in [0.15, 0.2) is 0 Å². The Hall–Kier alpha value is -0.590. The molecule has 0 bridgehead atoms. The predicted molar refractivity (Wildman–Crippen MR) is 62.4 cm³/mol. The molecule has 82 valence electrons. The van der Waals surface area contributed by atoms with Gasteiger partial charge in [0.1, 0.15) is 5.78 Å². The van der Waals surface area contributed by atoms with Crippen molar-refractivity contribution in [3.63, 3.8) is 0 Å². The number of rotatable bonds is 6. The van der Waals surface area contributed by atoms with Gasteiger partial charge in [0, 0.05) is 6.42 Å². The zero-order chi connectivity index (χ0) is 11.0. The van der Waals surface area contributed by atoms with E-state index in [1.165, 1.54) is 12.8 Å². The van der Waals surface area contributed by atoms with E-state index in [-0.39, 0.29) is 5.78 Å². The Morgan fingerprint density at radius 3 is 2.21 bits per heavy atom. The average molecular weight is 196 g/mol. The van der Waals surface area contributed by atoms with Crippen molar-refractivity contribution in [3.05, 3.63) is 12.2 Å². The van der Waals surface area contributed by atoms with Gasteiger partial charge in [-0.1, -0.05) is 32.9 Å². The summed E-state index contributed by atoms with van der Waals surface area (Å²) in [6.45, 7) is 8.46. The summed E-state index contributed by atoms with van der Waals surface area (Å²) in [5.41, 5.74) is 0.452. The molecule has 0 atom stereocenters. The lowest BCUT2D eigenvalue weighted by Crippen LogP contribution is -2.03. The van der Waals surface area contributed by atoms with Crippen LogP contribution in [0.25, 0.3) is 0 Å². The van der Waals surface area contributed by atoms with E-state index in [2.05, 4.69) is 32.9 Å². The number of unbranched alkanes of at least 4 members (excludes halogenated alkanes) is 1. The van der Waals surface area contributed by atoms with E-state index in [1.807, 2.05) is 0 Å². The number of ketones is 1. The Kier molecular flexibility index (Phi) is 6.52. The van der Waals surface area contributed by atoms with Crippen LogP contribution in [0, 0.1) is 5.41 Å². The highest BCUT2D eigenvalue weighted by molar-refractivity contribution is 5.75. The summed E-state index contributed by atoms with van der Waals surface area (Å²) in [4.78, 5) is 10.6. The standard InChI is InChI=1S/C13H24O/c1-12(14)10-8-6-5-7-9-11-13(2,3)4/h5-6H,7-11H2,1-4H3. The van der Waals surface area contributed by atoms with Crippen LogP contribution in [-0.2, 0) is 4.79 Å². The quantitative estimate of drug-likeness (QED) is 0.461. The number of allylic oxidation sites excluding steroid dienone is 2. The SMILES string of the molecule is CC(=O)CCC=CCCCC(C)(C)C. The molecule has 0 amide bonds. The van der Waals surface area contributed by atoms with Gasteiger partial charge in [-0.05, 0) is 38.0 Å². The van der Waals surface area contributed by atoms with Crippen LogP contribution in [0.1, 0.15) is 59.8 Å². The molecule has 0 saturated carbocycles. The van der Waals surface area contributed by atoms with Gasteiger partial charge in [0.05, 0.1) is 0 Å². The second-order valence-electron chi connectivity index (χ2n) is 5.16. The van der Waals surface area contributed by atoms with Crippen molar-refractivity contribution in [2.24, 2.45) is 5.41 Å². The predicted octanol–water partition coefficient (Wildman–Crippen LogP) is 4.13. The number of carbonyl (C=O) groups excluding carboxylic acids is 1. The Labute approximate surface area is 88.6 Å². The maximum Gasteiger partial charge on any atom is 0.130 e. The number of hydrogen-bond acceptors (Lipinski definition) is 1. The molecule has 0 N–H and O–H groups in total. The van der Waals surface area contributed by atoms with Crippen LogP contribution in [0.4, 0.5) is 0 Å². The fraction of sp³-hybridized carbons (Fsp3) is 0.769. The molecule has 0 fully saturated rings. The van der Waals surface area contributed by atoms with Crippen molar-refractivity contribution < 1.29 is 4.79 Å². The van der Waals surface area contributed by atoms with Gasteiger partial charge in [-0.3, -0.25) is 0 Å². The minimum Gasteiger partial charge on any atom is -0.300 e. The largest absolute Gasteiger partial charge is 0.300 e. The molecule has 0 rings (SSSR count). The highest BCUT2D eigenvalue weighted by Gasteiger charge is 2.07. The van der Waals surface area contributed by atoms with E-state index in [1.54, 1.807) is 6.92 Å². The van der Waals surface area contributed by atoms with E-state index in [9.17, 15) is 4.79 Å². The summed E-state index contributed by atoms with van der Waals surface area (Å²) < 4.78 is 0. The van der Waals surface area contributed by atoms with Gasteiger partial charge in [-0.2, -0.15) is 0 Å². The minimum absolute atomic E-state index is 0.282. The molecule has 0 aliphatic carbocycles. The molecule has 0 aromatic heterocycles. The molecule has 0 radical (unpaired) electrons. The van der Waals surface area contributed by atoms with Gasteiger partial charge >= 0.3 is 0 Å². The van der Waals surface area contributed by atoms with Crippen LogP contribution in [0.15, 0.2) is 12.2 Å². The molecule has 0 aromatic rings. The van der Waals surface area contributed by atoms with Gasteiger partial charge < -0.3 is 4.79 Å². The third-order valence-corrected chi connectivity index (χ3v) is 2.13. The summed E-state index contributed by atoms with van der Waals surface area (Å²) in [5.74, 6) is 0.282. The molecule has 0 heterocycles.